The average Bonchev–Trinajstić information content (AvgIpc) is 2.88. The fourth-order valence-corrected chi connectivity index (χ4v) is 2.74. The number of carbonyl (C=O) groups excluding carboxylic acids is 1. The van der Waals surface area contributed by atoms with Crippen molar-refractivity contribution in [3.63, 3.8) is 0 Å². The van der Waals surface area contributed by atoms with Crippen molar-refractivity contribution in [1.82, 2.24) is 9.80 Å². The summed E-state index contributed by atoms with van der Waals surface area (Å²) >= 11 is 0. The number of nitrogens with zero attached hydrogens (tertiary/aromatic N) is 2. The van der Waals surface area contributed by atoms with Crippen molar-refractivity contribution in [2.24, 2.45) is 5.41 Å². The number of hydrogen-bond donors (Lipinski definition) is 1. The minimum absolute atomic E-state index is 0.0377. The quantitative estimate of drug-likeness (QED) is 0.791. The lowest BCUT2D eigenvalue weighted by molar-refractivity contribution is 0.0184. The highest BCUT2D eigenvalue weighted by Gasteiger charge is 2.58. The molecule has 19 heavy (non-hydrogen) atoms. The SMILES string of the molecule is CN(C(=O)OC(C)(C)C)[C@@H]1CN(C(=O)O)CC12CC2. The van der Waals surface area contributed by atoms with E-state index >= 15 is 0 Å². The van der Waals surface area contributed by atoms with Crippen LogP contribution in [0.5, 0.6) is 0 Å². The minimum atomic E-state index is -0.911. The molecule has 1 heterocycles. The number of ether oxygens (including phenoxy) is 1. The Hall–Kier alpha value is -1.46. The number of likely N-dealkylation sites (N-methyl/N-ethyl adjacent to an activating group) is 1. The zero-order chi connectivity index (χ0) is 14.4. The number of carbonyl (C=O) groups is 2. The summed E-state index contributed by atoms with van der Waals surface area (Å²) in [6, 6.07) is -0.0709. The maximum atomic E-state index is 12.1. The largest absolute Gasteiger partial charge is 0.465 e. The molecule has 0 aromatic carbocycles. The van der Waals surface area contributed by atoms with Crippen molar-refractivity contribution >= 4 is 12.2 Å². The standard InChI is InChI=1S/C13H22N2O4/c1-12(2,3)19-11(18)14(4)9-7-15(10(16)17)8-13(9)5-6-13/h9H,5-8H2,1-4H3,(H,16,17)/t9-/m1/s1. The number of likely N-dealkylation sites (tertiary alicyclic amines) is 1. The molecule has 0 aromatic rings. The van der Waals surface area contributed by atoms with Crippen molar-refractivity contribution in [2.45, 2.75) is 45.3 Å². The Labute approximate surface area is 113 Å². The van der Waals surface area contributed by atoms with E-state index in [-0.39, 0.29) is 17.6 Å². The first-order chi connectivity index (χ1) is 8.65. The molecule has 1 atom stereocenters. The van der Waals surface area contributed by atoms with Crippen LogP contribution < -0.4 is 0 Å². The fraction of sp³-hybridized carbons (Fsp3) is 0.846. The molecule has 1 spiro atoms. The van der Waals surface area contributed by atoms with E-state index in [4.69, 9.17) is 9.84 Å². The third-order valence-corrected chi connectivity index (χ3v) is 3.92. The van der Waals surface area contributed by atoms with Crippen molar-refractivity contribution < 1.29 is 19.4 Å². The Bertz CT molecular complexity index is 398. The number of carboxylic acid groups (broad SMARTS) is 1. The van der Waals surface area contributed by atoms with Gasteiger partial charge in [-0.3, -0.25) is 0 Å². The molecule has 1 saturated carbocycles. The van der Waals surface area contributed by atoms with Crippen molar-refractivity contribution in [2.75, 3.05) is 20.1 Å². The Balaban J connectivity index is 2.05. The fourth-order valence-electron chi connectivity index (χ4n) is 2.74. The molecule has 108 valence electrons. The maximum Gasteiger partial charge on any atom is 0.410 e. The Morgan fingerprint density at radius 3 is 2.37 bits per heavy atom. The van der Waals surface area contributed by atoms with Crippen LogP contribution >= 0.6 is 0 Å². The molecule has 1 N–H and O–H groups in total. The van der Waals surface area contributed by atoms with Gasteiger partial charge in [-0.1, -0.05) is 0 Å². The van der Waals surface area contributed by atoms with E-state index in [1.165, 1.54) is 4.90 Å². The Kier molecular flexibility index (Phi) is 3.15. The van der Waals surface area contributed by atoms with Gasteiger partial charge in [0.15, 0.2) is 0 Å². The first kappa shape index (κ1) is 14.0. The summed E-state index contributed by atoms with van der Waals surface area (Å²) in [5.74, 6) is 0. The van der Waals surface area contributed by atoms with E-state index < -0.39 is 11.7 Å². The second-order valence-electron chi connectivity index (χ2n) is 6.63. The van der Waals surface area contributed by atoms with Gasteiger partial charge in [0.25, 0.3) is 0 Å². The third-order valence-electron chi connectivity index (χ3n) is 3.92. The summed E-state index contributed by atoms with van der Waals surface area (Å²) in [5.41, 5.74) is -0.572. The molecular weight excluding hydrogens is 248 g/mol. The highest BCUT2D eigenvalue weighted by atomic mass is 16.6. The minimum Gasteiger partial charge on any atom is -0.465 e. The summed E-state index contributed by atoms with van der Waals surface area (Å²) in [6.07, 6.45) is 0.672. The molecular formula is C13H22N2O4. The van der Waals surface area contributed by atoms with Crippen LogP contribution in [0.2, 0.25) is 0 Å². The van der Waals surface area contributed by atoms with E-state index in [1.54, 1.807) is 11.9 Å². The Morgan fingerprint density at radius 1 is 1.37 bits per heavy atom. The van der Waals surface area contributed by atoms with Gasteiger partial charge in [0.2, 0.25) is 0 Å². The van der Waals surface area contributed by atoms with Gasteiger partial charge in [0.05, 0.1) is 6.04 Å². The molecule has 1 saturated heterocycles. The van der Waals surface area contributed by atoms with Gasteiger partial charge in [-0.15, -0.1) is 0 Å². The summed E-state index contributed by atoms with van der Waals surface area (Å²) in [7, 11) is 1.70. The average molecular weight is 270 g/mol. The van der Waals surface area contributed by atoms with Crippen LogP contribution in [-0.4, -0.2) is 58.9 Å². The zero-order valence-corrected chi connectivity index (χ0v) is 12.0. The molecule has 0 aromatic heterocycles. The maximum absolute atomic E-state index is 12.1. The van der Waals surface area contributed by atoms with Crippen molar-refractivity contribution in [3.05, 3.63) is 0 Å². The highest BCUT2D eigenvalue weighted by Crippen LogP contribution is 2.54. The van der Waals surface area contributed by atoms with E-state index in [0.29, 0.717) is 13.1 Å². The van der Waals surface area contributed by atoms with Crippen LogP contribution in [0.25, 0.3) is 0 Å². The van der Waals surface area contributed by atoms with Crippen molar-refractivity contribution in [1.29, 1.82) is 0 Å². The molecule has 0 unspecified atom stereocenters. The second kappa shape index (κ2) is 4.28. The summed E-state index contributed by atoms with van der Waals surface area (Å²) in [4.78, 5) is 26.1. The topological polar surface area (TPSA) is 70.1 Å². The first-order valence-corrected chi connectivity index (χ1v) is 6.58. The Morgan fingerprint density at radius 2 is 1.95 bits per heavy atom. The van der Waals surface area contributed by atoms with Crippen LogP contribution in [0.4, 0.5) is 9.59 Å². The molecule has 2 amide bonds. The van der Waals surface area contributed by atoms with E-state index in [9.17, 15) is 9.59 Å². The van der Waals surface area contributed by atoms with Gasteiger partial charge in [-0.25, -0.2) is 9.59 Å². The molecule has 2 fully saturated rings. The first-order valence-electron chi connectivity index (χ1n) is 6.58. The molecule has 6 nitrogen and oxygen atoms in total. The predicted octanol–water partition coefficient (Wildman–Crippen LogP) is 2.00. The van der Waals surface area contributed by atoms with Crippen molar-refractivity contribution in [3.8, 4) is 0 Å². The van der Waals surface area contributed by atoms with Gasteiger partial charge >= 0.3 is 12.2 Å². The summed E-state index contributed by atoms with van der Waals surface area (Å²) < 4.78 is 5.35. The van der Waals surface area contributed by atoms with E-state index in [1.807, 2.05) is 20.8 Å². The smallest absolute Gasteiger partial charge is 0.410 e. The summed E-state index contributed by atoms with van der Waals surface area (Å²) in [5, 5.41) is 9.09. The highest BCUT2D eigenvalue weighted by molar-refractivity contribution is 5.70. The lowest BCUT2D eigenvalue weighted by atomic mass is 10.00. The van der Waals surface area contributed by atoms with Gasteiger partial charge in [-0.2, -0.15) is 0 Å². The van der Waals surface area contributed by atoms with E-state index in [2.05, 4.69) is 0 Å². The third kappa shape index (κ3) is 2.77. The van der Waals surface area contributed by atoms with Crippen LogP contribution in [-0.2, 0) is 4.74 Å². The van der Waals surface area contributed by atoms with Gasteiger partial charge in [-0.05, 0) is 33.6 Å². The molecule has 0 bridgehead atoms. The predicted molar refractivity (Wildman–Crippen MR) is 69.0 cm³/mol. The molecule has 0 radical (unpaired) electrons. The zero-order valence-electron chi connectivity index (χ0n) is 12.0. The van der Waals surface area contributed by atoms with E-state index in [0.717, 1.165) is 12.8 Å². The number of rotatable bonds is 1. The molecule has 2 aliphatic rings. The van der Waals surface area contributed by atoms with Gasteiger partial charge in [0, 0.05) is 25.6 Å². The van der Waals surface area contributed by atoms with Crippen LogP contribution in [0.15, 0.2) is 0 Å². The molecule has 6 heteroatoms. The second-order valence-corrected chi connectivity index (χ2v) is 6.63. The van der Waals surface area contributed by atoms with Gasteiger partial charge in [0.1, 0.15) is 5.60 Å². The number of amides is 2. The van der Waals surface area contributed by atoms with Gasteiger partial charge < -0.3 is 19.6 Å². The number of hydrogen-bond acceptors (Lipinski definition) is 3. The van der Waals surface area contributed by atoms with Crippen LogP contribution in [0.3, 0.4) is 0 Å². The lowest BCUT2D eigenvalue weighted by Gasteiger charge is -2.31. The monoisotopic (exact) mass is 270 g/mol. The lowest BCUT2D eigenvalue weighted by Crippen LogP contribution is -2.45. The molecule has 1 aliphatic heterocycles. The van der Waals surface area contributed by atoms with Crippen LogP contribution in [0.1, 0.15) is 33.6 Å². The van der Waals surface area contributed by atoms with Crippen LogP contribution in [0, 0.1) is 5.41 Å². The molecule has 2 rings (SSSR count). The summed E-state index contributed by atoms with van der Waals surface area (Å²) in [6.45, 7) is 6.38. The normalized spacial score (nSPS) is 24.4. The molecule has 1 aliphatic carbocycles.